The average Bonchev–Trinajstić information content (AvgIpc) is 3.35. The fourth-order valence-corrected chi connectivity index (χ4v) is 7.66. The van der Waals surface area contributed by atoms with Crippen LogP contribution < -0.4 is 14.7 Å². The molecular formula is C44H39N3. The second kappa shape index (κ2) is 11.1. The Morgan fingerprint density at radius 3 is 1.43 bits per heavy atom. The van der Waals surface area contributed by atoms with Crippen molar-refractivity contribution in [3.8, 4) is 11.1 Å². The fourth-order valence-electron chi connectivity index (χ4n) is 7.66. The van der Waals surface area contributed by atoms with Crippen molar-refractivity contribution in [3.05, 3.63) is 157 Å². The molecule has 0 bridgehead atoms. The lowest BCUT2D eigenvalue weighted by Crippen LogP contribution is -2.17. The van der Waals surface area contributed by atoms with Crippen LogP contribution in [0.5, 0.6) is 0 Å². The highest BCUT2D eigenvalue weighted by Gasteiger charge is 2.36. The van der Waals surface area contributed by atoms with Crippen LogP contribution in [0.1, 0.15) is 25.0 Å². The first-order valence-corrected chi connectivity index (χ1v) is 16.4. The lowest BCUT2D eigenvalue weighted by molar-refractivity contribution is 0.661. The van der Waals surface area contributed by atoms with E-state index in [1.807, 2.05) is 0 Å². The van der Waals surface area contributed by atoms with Gasteiger partial charge in [-0.25, -0.2) is 0 Å². The highest BCUT2D eigenvalue weighted by molar-refractivity contribution is 6.23. The van der Waals surface area contributed by atoms with Crippen molar-refractivity contribution in [2.75, 3.05) is 35.8 Å². The zero-order valence-electron chi connectivity index (χ0n) is 27.7. The zero-order chi connectivity index (χ0) is 32.3. The quantitative estimate of drug-likeness (QED) is 0.137. The fraction of sp³-hybridized carbons (Fsp3) is 0.136. The van der Waals surface area contributed by atoms with Gasteiger partial charge in [0, 0.05) is 70.9 Å². The van der Waals surface area contributed by atoms with Crippen molar-refractivity contribution < 1.29 is 0 Å². The van der Waals surface area contributed by atoms with E-state index in [0.717, 1.165) is 22.7 Å². The van der Waals surface area contributed by atoms with Crippen LogP contribution >= 0.6 is 0 Å². The first-order chi connectivity index (χ1) is 22.8. The summed E-state index contributed by atoms with van der Waals surface area (Å²) in [5.74, 6) is 0. The van der Waals surface area contributed by atoms with E-state index < -0.39 is 0 Å². The molecule has 0 unspecified atom stereocenters. The predicted octanol–water partition coefficient (Wildman–Crippen LogP) is 11.6. The van der Waals surface area contributed by atoms with Gasteiger partial charge in [-0.2, -0.15) is 0 Å². The first-order valence-electron chi connectivity index (χ1n) is 16.4. The second-order valence-electron chi connectivity index (χ2n) is 13.2. The summed E-state index contributed by atoms with van der Waals surface area (Å²) < 4.78 is 0. The maximum atomic E-state index is 2.49. The summed E-state index contributed by atoms with van der Waals surface area (Å²) in [6.45, 7) is 4.74. The monoisotopic (exact) mass is 609 g/mol. The molecule has 0 spiro atoms. The number of hydrogen-bond acceptors (Lipinski definition) is 3. The van der Waals surface area contributed by atoms with Crippen LogP contribution in [0.3, 0.4) is 0 Å². The van der Waals surface area contributed by atoms with Crippen LogP contribution in [-0.2, 0) is 5.41 Å². The van der Waals surface area contributed by atoms with Gasteiger partial charge in [0.25, 0.3) is 0 Å². The second-order valence-corrected chi connectivity index (χ2v) is 13.2. The lowest BCUT2D eigenvalue weighted by atomic mass is 9.81. The molecule has 0 aromatic heterocycles. The van der Waals surface area contributed by atoms with Gasteiger partial charge in [0.05, 0.1) is 11.4 Å². The summed E-state index contributed by atoms with van der Waals surface area (Å²) in [6, 6.07) is 53.0. The third kappa shape index (κ3) is 4.57. The van der Waals surface area contributed by atoms with Crippen molar-refractivity contribution in [2.24, 2.45) is 0 Å². The molecule has 0 saturated heterocycles. The van der Waals surface area contributed by atoms with E-state index in [2.05, 4.69) is 195 Å². The number of rotatable bonds is 6. The zero-order valence-corrected chi connectivity index (χ0v) is 27.7. The molecular weight excluding hydrogens is 571 g/mol. The molecule has 47 heavy (non-hydrogen) atoms. The van der Waals surface area contributed by atoms with Crippen molar-refractivity contribution >= 4 is 55.7 Å². The van der Waals surface area contributed by atoms with E-state index >= 15 is 0 Å². The molecule has 230 valence electrons. The van der Waals surface area contributed by atoms with Gasteiger partial charge >= 0.3 is 0 Å². The van der Waals surface area contributed by atoms with Gasteiger partial charge in [-0.3, -0.25) is 0 Å². The Morgan fingerprint density at radius 2 is 0.830 bits per heavy atom. The molecule has 0 aliphatic heterocycles. The van der Waals surface area contributed by atoms with E-state index in [1.54, 1.807) is 0 Å². The molecule has 0 atom stereocenters. The molecule has 8 rings (SSSR count). The number of anilines is 6. The van der Waals surface area contributed by atoms with E-state index in [4.69, 9.17) is 0 Å². The standard InChI is InChI=1S/C44H39N3/c1-44(2)40-24-16-15-23-34(40)36-28-38-39(29-41(36)44)42(46(4)31-19-11-7-12-20-31)35-26-25-33(45(3)30-17-9-6-10-18-30)27-37(35)43(38)47(5)32-21-13-8-14-22-32/h6-29H,1-5H3. The van der Waals surface area contributed by atoms with Crippen LogP contribution in [-0.4, -0.2) is 21.1 Å². The Hall–Kier alpha value is -5.54. The average molecular weight is 610 g/mol. The van der Waals surface area contributed by atoms with Crippen molar-refractivity contribution in [1.29, 1.82) is 0 Å². The maximum absolute atomic E-state index is 2.49. The summed E-state index contributed by atoms with van der Waals surface area (Å²) in [7, 11) is 6.57. The van der Waals surface area contributed by atoms with Gasteiger partial charge < -0.3 is 14.7 Å². The van der Waals surface area contributed by atoms with Gasteiger partial charge in [0.2, 0.25) is 0 Å². The Balaban J connectivity index is 1.51. The Bertz CT molecular complexity index is 2260. The van der Waals surface area contributed by atoms with Crippen LogP contribution in [0.4, 0.5) is 34.1 Å². The molecule has 3 heteroatoms. The van der Waals surface area contributed by atoms with Gasteiger partial charge in [0.1, 0.15) is 0 Å². The van der Waals surface area contributed by atoms with Crippen molar-refractivity contribution in [3.63, 3.8) is 0 Å². The Kier molecular flexibility index (Phi) is 6.80. The third-order valence-corrected chi connectivity index (χ3v) is 10.2. The van der Waals surface area contributed by atoms with Gasteiger partial charge in [0.15, 0.2) is 0 Å². The summed E-state index contributed by atoms with van der Waals surface area (Å²) in [4.78, 5) is 7.03. The smallest absolute Gasteiger partial charge is 0.0570 e. The minimum atomic E-state index is -0.106. The van der Waals surface area contributed by atoms with Crippen molar-refractivity contribution in [1.82, 2.24) is 0 Å². The van der Waals surface area contributed by atoms with Gasteiger partial charge in [-0.1, -0.05) is 98.8 Å². The minimum absolute atomic E-state index is 0.106. The highest BCUT2D eigenvalue weighted by atomic mass is 15.1. The van der Waals surface area contributed by atoms with Crippen LogP contribution in [0, 0.1) is 0 Å². The number of para-hydroxylation sites is 3. The van der Waals surface area contributed by atoms with Crippen molar-refractivity contribution in [2.45, 2.75) is 19.3 Å². The molecule has 0 radical (unpaired) electrons. The van der Waals surface area contributed by atoms with E-state index in [9.17, 15) is 0 Å². The molecule has 7 aromatic rings. The number of nitrogens with zero attached hydrogens (tertiary/aromatic N) is 3. The number of benzene rings is 7. The third-order valence-electron chi connectivity index (χ3n) is 10.2. The maximum Gasteiger partial charge on any atom is 0.0570 e. The normalized spacial score (nSPS) is 13.0. The summed E-state index contributed by atoms with van der Waals surface area (Å²) in [5.41, 5.74) is 12.4. The molecule has 3 nitrogen and oxygen atoms in total. The molecule has 1 aliphatic rings. The summed E-state index contributed by atoms with van der Waals surface area (Å²) in [5, 5.41) is 4.94. The summed E-state index contributed by atoms with van der Waals surface area (Å²) >= 11 is 0. The van der Waals surface area contributed by atoms with E-state index in [-0.39, 0.29) is 5.41 Å². The topological polar surface area (TPSA) is 9.72 Å². The van der Waals surface area contributed by atoms with Gasteiger partial charge in [-0.15, -0.1) is 0 Å². The first kappa shape index (κ1) is 28.9. The summed E-state index contributed by atoms with van der Waals surface area (Å²) in [6.07, 6.45) is 0. The Morgan fingerprint density at radius 1 is 0.362 bits per heavy atom. The van der Waals surface area contributed by atoms with E-state index in [1.165, 1.54) is 55.2 Å². The molecule has 0 fully saturated rings. The van der Waals surface area contributed by atoms with Crippen LogP contribution in [0.2, 0.25) is 0 Å². The predicted molar refractivity (Wildman–Crippen MR) is 203 cm³/mol. The SMILES string of the molecule is CN(c1ccccc1)c1ccc2c(N(C)c3ccccc3)c3cc4c(cc3c(N(C)c3ccccc3)c2c1)-c1ccccc1C4(C)C. The van der Waals surface area contributed by atoms with Gasteiger partial charge in [-0.05, 0) is 82.9 Å². The number of fused-ring (bicyclic) bond motifs is 5. The van der Waals surface area contributed by atoms with E-state index in [0.29, 0.717) is 0 Å². The highest BCUT2D eigenvalue weighted by Crippen LogP contribution is 2.54. The molecule has 0 N–H and O–H groups in total. The molecule has 0 heterocycles. The lowest BCUT2D eigenvalue weighted by Gasteiger charge is -2.31. The molecule has 0 saturated carbocycles. The minimum Gasteiger partial charge on any atom is -0.345 e. The Labute approximate surface area is 277 Å². The molecule has 0 amide bonds. The number of hydrogen-bond donors (Lipinski definition) is 0. The van der Waals surface area contributed by atoms with Crippen LogP contribution in [0.15, 0.2) is 146 Å². The largest absolute Gasteiger partial charge is 0.345 e. The van der Waals surface area contributed by atoms with Crippen LogP contribution in [0.25, 0.3) is 32.7 Å². The molecule has 1 aliphatic carbocycles. The molecule has 7 aromatic carbocycles.